The fourth-order valence-corrected chi connectivity index (χ4v) is 2.53. The first-order chi connectivity index (χ1) is 11.7. The molecule has 0 saturated carbocycles. The van der Waals surface area contributed by atoms with Crippen LogP contribution in [0, 0.1) is 5.82 Å². The van der Waals surface area contributed by atoms with Gasteiger partial charge in [-0.15, -0.1) is 0 Å². The summed E-state index contributed by atoms with van der Waals surface area (Å²) in [5, 5.41) is 7.13. The number of esters is 1. The molecule has 1 amide bonds. The number of benzene rings is 2. The van der Waals surface area contributed by atoms with Gasteiger partial charge in [-0.25, -0.2) is 22.7 Å². The molecule has 2 aromatic carbocycles. The molecule has 10 heteroatoms. The lowest BCUT2D eigenvalue weighted by Crippen LogP contribution is -2.22. The molecule has 0 heterocycles. The highest BCUT2D eigenvalue weighted by atomic mass is 35.5. The maximum Gasteiger partial charge on any atom is 0.340 e. The Morgan fingerprint density at radius 2 is 1.88 bits per heavy atom. The number of carbonyl (C=O) groups is 2. The topological polar surface area (TPSA) is 116 Å². The summed E-state index contributed by atoms with van der Waals surface area (Å²) in [5.74, 6) is -2.46. The highest BCUT2D eigenvalue weighted by Crippen LogP contribution is 2.21. The molecule has 0 aromatic heterocycles. The summed E-state index contributed by atoms with van der Waals surface area (Å²) in [6.07, 6.45) is 0. The van der Waals surface area contributed by atoms with Crippen molar-refractivity contribution in [1.82, 2.24) is 0 Å². The third-order valence-corrected chi connectivity index (χ3v) is 4.21. The van der Waals surface area contributed by atoms with Crippen molar-refractivity contribution in [2.24, 2.45) is 5.14 Å². The number of para-hydroxylation sites is 1. The minimum atomic E-state index is -4.04. The van der Waals surface area contributed by atoms with Gasteiger partial charge in [0.1, 0.15) is 5.82 Å². The van der Waals surface area contributed by atoms with Gasteiger partial charge in [0.05, 0.1) is 21.2 Å². The van der Waals surface area contributed by atoms with Crippen LogP contribution in [-0.4, -0.2) is 26.9 Å². The van der Waals surface area contributed by atoms with E-state index in [4.69, 9.17) is 21.5 Å². The summed E-state index contributed by atoms with van der Waals surface area (Å²) in [6, 6.07) is 8.68. The number of anilines is 1. The van der Waals surface area contributed by atoms with Gasteiger partial charge in [-0.2, -0.15) is 0 Å². The molecule has 0 radical (unpaired) electrons. The molecule has 132 valence electrons. The van der Waals surface area contributed by atoms with E-state index in [2.05, 4.69) is 5.32 Å². The highest BCUT2D eigenvalue weighted by Gasteiger charge is 2.18. The monoisotopic (exact) mass is 386 g/mol. The summed E-state index contributed by atoms with van der Waals surface area (Å²) in [6.45, 7) is -0.719. The van der Waals surface area contributed by atoms with Crippen LogP contribution in [0.15, 0.2) is 47.4 Å². The van der Waals surface area contributed by atoms with Crippen molar-refractivity contribution < 1.29 is 27.1 Å². The number of carbonyl (C=O) groups excluding carboxylic acids is 2. The Hall–Kier alpha value is -2.49. The number of ether oxygens (including phenoxy) is 1. The fourth-order valence-electron chi connectivity index (χ4n) is 1.80. The molecular formula is C15H12ClFN2O5S. The van der Waals surface area contributed by atoms with Crippen LogP contribution in [0.3, 0.4) is 0 Å². The number of primary sulfonamides is 1. The van der Waals surface area contributed by atoms with Gasteiger partial charge in [0.15, 0.2) is 6.61 Å². The number of amides is 1. The van der Waals surface area contributed by atoms with Crippen LogP contribution < -0.4 is 10.5 Å². The molecule has 2 rings (SSSR count). The van der Waals surface area contributed by atoms with E-state index in [0.29, 0.717) is 0 Å². The van der Waals surface area contributed by atoms with Crippen molar-refractivity contribution in [3.63, 3.8) is 0 Å². The molecule has 0 aliphatic heterocycles. The normalized spacial score (nSPS) is 11.0. The Morgan fingerprint density at radius 1 is 1.20 bits per heavy atom. The number of halogens is 2. The summed E-state index contributed by atoms with van der Waals surface area (Å²) >= 11 is 5.82. The number of nitrogens with two attached hydrogens (primary N) is 1. The number of rotatable bonds is 5. The van der Waals surface area contributed by atoms with E-state index in [9.17, 15) is 22.4 Å². The molecule has 0 atom stereocenters. The molecule has 0 bridgehead atoms. The van der Waals surface area contributed by atoms with Crippen LogP contribution in [0.1, 0.15) is 10.4 Å². The third-order valence-electron chi connectivity index (χ3n) is 2.97. The lowest BCUT2D eigenvalue weighted by atomic mass is 10.2. The zero-order valence-electron chi connectivity index (χ0n) is 12.5. The van der Waals surface area contributed by atoms with Crippen molar-refractivity contribution >= 4 is 39.2 Å². The molecular weight excluding hydrogens is 375 g/mol. The number of hydrogen-bond acceptors (Lipinski definition) is 5. The zero-order valence-corrected chi connectivity index (χ0v) is 14.1. The van der Waals surface area contributed by atoms with Crippen molar-refractivity contribution in [2.45, 2.75) is 4.90 Å². The summed E-state index contributed by atoms with van der Waals surface area (Å²) in [4.78, 5) is 23.3. The van der Waals surface area contributed by atoms with Gasteiger partial charge < -0.3 is 10.1 Å². The van der Waals surface area contributed by atoms with Gasteiger partial charge in [0.25, 0.3) is 5.91 Å². The standard InChI is InChI=1S/C15H12ClFN2O5S/c16-11-6-5-9(25(18,22)23)7-10(11)15(21)24-8-14(20)19-13-4-2-1-3-12(13)17/h1-7H,8H2,(H,19,20)(H2,18,22,23). The molecule has 0 spiro atoms. The van der Waals surface area contributed by atoms with Crippen molar-refractivity contribution in [2.75, 3.05) is 11.9 Å². The predicted molar refractivity (Wildman–Crippen MR) is 88.1 cm³/mol. The van der Waals surface area contributed by atoms with Crippen LogP contribution in [-0.2, 0) is 19.6 Å². The molecule has 2 aromatic rings. The minimum absolute atomic E-state index is 0.0715. The van der Waals surface area contributed by atoms with Gasteiger partial charge in [-0.3, -0.25) is 4.79 Å². The van der Waals surface area contributed by atoms with Gasteiger partial charge in [0, 0.05) is 0 Å². The minimum Gasteiger partial charge on any atom is -0.452 e. The lowest BCUT2D eigenvalue weighted by Gasteiger charge is -2.09. The largest absolute Gasteiger partial charge is 0.452 e. The Morgan fingerprint density at radius 3 is 2.52 bits per heavy atom. The average molecular weight is 387 g/mol. The maximum atomic E-state index is 13.4. The summed E-state index contributed by atoms with van der Waals surface area (Å²) in [5.41, 5.74) is -0.343. The molecule has 7 nitrogen and oxygen atoms in total. The predicted octanol–water partition coefficient (Wildman–Crippen LogP) is 1.92. The highest BCUT2D eigenvalue weighted by molar-refractivity contribution is 7.89. The Balaban J connectivity index is 2.05. The van der Waals surface area contributed by atoms with Crippen LogP contribution in [0.25, 0.3) is 0 Å². The Bertz CT molecular complexity index is 933. The maximum absolute atomic E-state index is 13.4. The molecule has 0 unspecified atom stereocenters. The van der Waals surface area contributed by atoms with Gasteiger partial charge in [-0.05, 0) is 30.3 Å². The van der Waals surface area contributed by atoms with Gasteiger partial charge >= 0.3 is 5.97 Å². The van der Waals surface area contributed by atoms with Crippen molar-refractivity contribution in [3.05, 3.63) is 58.9 Å². The van der Waals surface area contributed by atoms with E-state index in [-0.39, 0.29) is 21.2 Å². The first kappa shape index (κ1) is 18.8. The Labute approximate surface area is 147 Å². The van der Waals surface area contributed by atoms with E-state index < -0.39 is 34.3 Å². The second-order valence-corrected chi connectivity index (χ2v) is 6.76. The van der Waals surface area contributed by atoms with E-state index >= 15 is 0 Å². The van der Waals surface area contributed by atoms with Crippen LogP contribution in [0.2, 0.25) is 5.02 Å². The van der Waals surface area contributed by atoms with E-state index in [0.717, 1.165) is 24.3 Å². The Kier molecular flexibility index (Phi) is 5.73. The number of nitrogens with one attached hydrogen (secondary N) is 1. The van der Waals surface area contributed by atoms with Gasteiger partial charge in [-0.1, -0.05) is 23.7 Å². The molecule has 0 saturated heterocycles. The molecule has 3 N–H and O–H groups in total. The third kappa shape index (κ3) is 4.99. The van der Waals surface area contributed by atoms with Crippen molar-refractivity contribution in [1.29, 1.82) is 0 Å². The van der Waals surface area contributed by atoms with E-state index in [1.54, 1.807) is 0 Å². The van der Waals surface area contributed by atoms with Gasteiger partial charge in [0.2, 0.25) is 10.0 Å². The number of hydrogen-bond donors (Lipinski definition) is 2. The second-order valence-electron chi connectivity index (χ2n) is 4.79. The molecule has 0 aliphatic rings. The molecule has 25 heavy (non-hydrogen) atoms. The van der Waals surface area contributed by atoms with Crippen LogP contribution >= 0.6 is 11.6 Å². The lowest BCUT2D eigenvalue weighted by molar-refractivity contribution is -0.119. The molecule has 0 fully saturated rings. The average Bonchev–Trinajstić information content (AvgIpc) is 2.54. The number of sulfonamides is 1. The first-order valence-electron chi connectivity index (χ1n) is 6.72. The summed E-state index contributed by atoms with van der Waals surface area (Å²) < 4.78 is 40.8. The van der Waals surface area contributed by atoms with Crippen LogP contribution in [0.4, 0.5) is 10.1 Å². The second kappa shape index (κ2) is 7.60. The fraction of sp³-hybridized carbons (Fsp3) is 0.0667. The molecule has 0 aliphatic carbocycles. The van der Waals surface area contributed by atoms with Crippen LogP contribution in [0.5, 0.6) is 0 Å². The van der Waals surface area contributed by atoms with E-state index in [1.807, 2.05) is 0 Å². The summed E-state index contributed by atoms with van der Waals surface area (Å²) in [7, 11) is -4.04. The first-order valence-corrected chi connectivity index (χ1v) is 8.65. The zero-order chi connectivity index (χ0) is 18.6. The SMILES string of the molecule is NS(=O)(=O)c1ccc(Cl)c(C(=O)OCC(=O)Nc2ccccc2F)c1. The smallest absolute Gasteiger partial charge is 0.340 e. The quantitative estimate of drug-likeness (QED) is 0.761. The van der Waals surface area contributed by atoms with E-state index in [1.165, 1.54) is 18.2 Å². The van der Waals surface area contributed by atoms with Crippen molar-refractivity contribution in [3.8, 4) is 0 Å².